The smallest absolute Gasteiger partial charge is 0.0116 e. The highest BCUT2D eigenvalue weighted by Gasteiger charge is 2.40. The minimum absolute atomic E-state index is 0.898. The van der Waals surface area contributed by atoms with Gasteiger partial charge in [0.05, 0.1) is 0 Å². The fourth-order valence-corrected chi connectivity index (χ4v) is 8.99. The molecule has 0 aromatic carbocycles. The van der Waals surface area contributed by atoms with Gasteiger partial charge in [0.15, 0.2) is 0 Å². The first kappa shape index (κ1) is 23.7. The summed E-state index contributed by atoms with van der Waals surface area (Å²) < 4.78 is 0. The molecule has 5 aliphatic carbocycles. The van der Waals surface area contributed by atoms with Crippen molar-refractivity contribution in [2.24, 2.45) is 0 Å². The van der Waals surface area contributed by atoms with Gasteiger partial charge in [-0.05, 0) is 70.6 Å². The van der Waals surface area contributed by atoms with Gasteiger partial charge in [-0.2, -0.15) is 0 Å². The van der Waals surface area contributed by atoms with Crippen LogP contribution in [0.3, 0.4) is 0 Å². The van der Waals surface area contributed by atoms with Gasteiger partial charge in [-0.3, -0.25) is 9.80 Å². The Balaban J connectivity index is 1.33. The minimum Gasteiger partial charge on any atom is -0.294 e. The summed E-state index contributed by atoms with van der Waals surface area (Å²) in [7, 11) is 0. The van der Waals surface area contributed by atoms with Gasteiger partial charge in [-0.15, -0.1) is 0 Å². The second-order valence-corrected chi connectivity index (χ2v) is 12.5. The van der Waals surface area contributed by atoms with Crippen LogP contribution in [0.2, 0.25) is 0 Å². The van der Waals surface area contributed by atoms with Crippen LogP contribution in [0.5, 0.6) is 0 Å². The molecule has 5 aliphatic rings. The largest absolute Gasteiger partial charge is 0.294 e. The molecule has 0 spiro atoms. The summed E-state index contributed by atoms with van der Waals surface area (Å²) in [5.74, 6) is 0. The van der Waals surface area contributed by atoms with Crippen LogP contribution >= 0.6 is 0 Å². The summed E-state index contributed by atoms with van der Waals surface area (Å²) in [6.07, 6.45) is 36.1. The van der Waals surface area contributed by atoms with Crippen molar-refractivity contribution in [3.63, 3.8) is 0 Å². The Kier molecular flexibility index (Phi) is 8.91. The molecule has 0 saturated heterocycles. The number of nitrogens with zero attached hydrogens (tertiary/aromatic N) is 2. The van der Waals surface area contributed by atoms with Gasteiger partial charge in [0.2, 0.25) is 0 Å². The van der Waals surface area contributed by atoms with E-state index in [0.29, 0.717) is 0 Å². The summed E-state index contributed by atoms with van der Waals surface area (Å²) in [5, 5.41) is 0. The van der Waals surface area contributed by atoms with Crippen molar-refractivity contribution in [1.82, 2.24) is 9.80 Å². The van der Waals surface area contributed by atoms with Gasteiger partial charge >= 0.3 is 0 Å². The van der Waals surface area contributed by atoms with Crippen LogP contribution in [0, 0.1) is 0 Å². The van der Waals surface area contributed by atoms with Crippen LogP contribution in [0.1, 0.15) is 154 Å². The van der Waals surface area contributed by atoms with E-state index in [1.165, 1.54) is 154 Å². The molecular weight excluding hydrogens is 388 g/mol. The van der Waals surface area contributed by atoms with Crippen molar-refractivity contribution in [1.29, 1.82) is 0 Å². The van der Waals surface area contributed by atoms with Crippen LogP contribution in [0.15, 0.2) is 0 Å². The van der Waals surface area contributed by atoms with E-state index in [1.807, 2.05) is 0 Å². The molecule has 0 heterocycles. The highest BCUT2D eigenvalue weighted by atomic mass is 15.3. The van der Waals surface area contributed by atoms with Crippen molar-refractivity contribution in [3.05, 3.63) is 0 Å². The van der Waals surface area contributed by atoms with Crippen molar-refractivity contribution in [3.8, 4) is 0 Å². The van der Waals surface area contributed by atoms with Gasteiger partial charge in [-0.1, -0.05) is 83.5 Å². The van der Waals surface area contributed by atoms with E-state index in [1.54, 1.807) is 0 Å². The van der Waals surface area contributed by atoms with Crippen molar-refractivity contribution < 1.29 is 0 Å². The van der Waals surface area contributed by atoms with E-state index in [2.05, 4.69) is 9.80 Å². The molecule has 0 N–H and O–H groups in total. The number of hydrogen-bond acceptors (Lipinski definition) is 2. The molecule has 0 aromatic heterocycles. The average Bonchev–Trinajstić information content (AvgIpc) is 2.87. The molecule has 184 valence electrons. The zero-order valence-electron chi connectivity index (χ0n) is 21.3. The fraction of sp³-hybridized carbons (Fsp3) is 1.00. The van der Waals surface area contributed by atoms with Crippen molar-refractivity contribution >= 4 is 0 Å². The summed E-state index contributed by atoms with van der Waals surface area (Å²) in [6, 6.07) is 5.49. The van der Waals surface area contributed by atoms with E-state index in [9.17, 15) is 0 Å². The predicted molar refractivity (Wildman–Crippen MR) is 137 cm³/mol. The van der Waals surface area contributed by atoms with E-state index < -0.39 is 0 Å². The third-order valence-corrected chi connectivity index (χ3v) is 10.4. The van der Waals surface area contributed by atoms with E-state index >= 15 is 0 Å². The quantitative estimate of drug-likeness (QED) is 0.408. The Hall–Kier alpha value is -0.0800. The summed E-state index contributed by atoms with van der Waals surface area (Å²) >= 11 is 0. The maximum atomic E-state index is 3.21. The first-order valence-corrected chi connectivity index (χ1v) is 15.4. The summed E-state index contributed by atoms with van der Waals surface area (Å²) in [6.45, 7) is 0. The molecule has 0 bridgehead atoms. The van der Waals surface area contributed by atoms with Gasteiger partial charge in [0, 0.05) is 36.3 Å². The molecule has 0 aromatic rings. The first-order chi connectivity index (χ1) is 15.9. The Morgan fingerprint density at radius 1 is 0.250 bits per heavy atom. The number of hydrogen-bond donors (Lipinski definition) is 0. The minimum atomic E-state index is 0.898. The highest BCUT2D eigenvalue weighted by Crippen LogP contribution is 2.40. The second kappa shape index (κ2) is 12.1. The molecule has 5 saturated carbocycles. The summed E-state index contributed by atoms with van der Waals surface area (Å²) in [4.78, 5) is 6.43. The van der Waals surface area contributed by atoms with Crippen LogP contribution in [0.4, 0.5) is 0 Å². The summed E-state index contributed by atoms with van der Waals surface area (Å²) in [5.41, 5.74) is 0. The lowest BCUT2D eigenvalue weighted by Gasteiger charge is -2.52. The van der Waals surface area contributed by atoms with Crippen LogP contribution in [-0.2, 0) is 0 Å². The SMILES string of the molecule is C1CCC(N(C2CCCCC2)C2CCCC(N(C3CCCCC3)C3CCCCC3)C2)CC1. The normalized spacial score (nSPS) is 33.2. The lowest BCUT2D eigenvalue weighted by atomic mass is 9.80. The Bertz CT molecular complexity index is 441. The molecule has 5 fully saturated rings. The fourth-order valence-electron chi connectivity index (χ4n) is 8.99. The molecule has 32 heavy (non-hydrogen) atoms. The molecule has 0 aliphatic heterocycles. The molecule has 5 rings (SSSR count). The van der Waals surface area contributed by atoms with Crippen molar-refractivity contribution in [2.75, 3.05) is 0 Å². The van der Waals surface area contributed by atoms with E-state index in [0.717, 1.165) is 36.3 Å². The average molecular weight is 443 g/mol. The topological polar surface area (TPSA) is 6.48 Å². The maximum Gasteiger partial charge on any atom is 0.0116 e. The molecule has 0 amide bonds. The Labute approximate surface area is 200 Å². The molecule has 2 unspecified atom stereocenters. The lowest BCUT2D eigenvalue weighted by Crippen LogP contribution is -2.57. The highest BCUT2D eigenvalue weighted by molar-refractivity contribution is 4.96. The van der Waals surface area contributed by atoms with E-state index in [-0.39, 0.29) is 0 Å². The van der Waals surface area contributed by atoms with Crippen LogP contribution < -0.4 is 0 Å². The van der Waals surface area contributed by atoms with Crippen LogP contribution in [0.25, 0.3) is 0 Å². The molecule has 2 nitrogen and oxygen atoms in total. The van der Waals surface area contributed by atoms with Gasteiger partial charge in [0.1, 0.15) is 0 Å². The first-order valence-electron chi connectivity index (χ1n) is 15.4. The zero-order valence-corrected chi connectivity index (χ0v) is 21.3. The molecule has 2 atom stereocenters. The standard InChI is InChI=1S/C30H54N2/c1-5-14-25(15-6-1)31(26-16-7-2-8-17-26)29-22-13-23-30(24-29)32(27-18-9-3-10-19-27)28-20-11-4-12-21-28/h25-30H,1-24H2. The Morgan fingerprint density at radius 2 is 0.500 bits per heavy atom. The maximum absolute atomic E-state index is 3.21. The zero-order chi connectivity index (χ0) is 21.6. The molecule has 2 heteroatoms. The predicted octanol–water partition coefficient (Wildman–Crippen LogP) is 8.23. The van der Waals surface area contributed by atoms with Crippen LogP contribution in [-0.4, -0.2) is 46.1 Å². The third kappa shape index (κ3) is 5.76. The van der Waals surface area contributed by atoms with E-state index in [4.69, 9.17) is 0 Å². The van der Waals surface area contributed by atoms with Gasteiger partial charge < -0.3 is 0 Å². The monoisotopic (exact) mass is 442 g/mol. The molecule has 0 radical (unpaired) electrons. The Morgan fingerprint density at radius 3 is 0.781 bits per heavy atom. The third-order valence-electron chi connectivity index (χ3n) is 10.4. The van der Waals surface area contributed by atoms with Gasteiger partial charge in [-0.25, -0.2) is 0 Å². The number of rotatable bonds is 6. The van der Waals surface area contributed by atoms with Gasteiger partial charge in [0.25, 0.3) is 0 Å². The second-order valence-electron chi connectivity index (χ2n) is 12.5. The van der Waals surface area contributed by atoms with Crippen molar-refractivity contribution in [2.45, 2.75) is 190 Å². The molecular formula is C30H54N2. The lowest BCUT2D eigenvalue weighted by molar-refractivity contribution is -0.0270.